The molecule has 0 saturated heterocycles. The molecular formula is C34H44N2O3S. The number of anilines is 1. The molecule has 0 aliphatic rings. The molecule has 2 amide bonds. The number of aliphatic carboxylic acids is 1. The number of benzene rings is 3. The Kier molecular flexibility index (Phi) is 13.1. The van der Waals surface area contributed by atoms with Crippen LogP contribution in [-0.4, -0.2) is 40.3 Å². The summed E-state index contributed by atoms with van der Waals surface area (Å²) in [5, 5.41) is 12.3. The van der Waals surface area contributed by atoms with Crippen LogP contribution in [0.5, 0.6) is 0 Å². The maximum Gasteiger partial charge on any atom is 0.321 e. The van der Waals surface area contributed by atoms with Crippen LogP contribution in [0.15, 0.2) is 83.8 Å². The van der Waals surface area contributed by atoms with Crippen molar-refractivity contribution in [3.8, 4) is 0 Å². The molecule has 6 heteroatoms. The van der Waals surface area contributed by atoms with Gasteiger partial charge < -0.3 is 15.3 Å². The summed E-state index contributed by atoms with van der Waals surface area (Å²) in [6.45, 7) is 7.89. The number of unbranched alkanes of at least 4 members (excludes halogenated alkanes) is 4. The van der Waals surface area contributed by atoms with E-state index >= 15 is 0 Å². The number of rotatable bonds is 16. The average Bonchev–Trinajstić information content (AvgIpc) is 2.95. The number of urea groups is 1. The summed E-state index contributed by atoms with van der Waals surface area (Å²) in [7, 11) is 0. The van der Waals surface area contributed by atoms with Gasteiger partial charge in [-0.1, -0.05) is 101 Å². The molecule has 0 heterocycles. The lowest BCUT2D eigenvalue weighted by atomic mass is 10.0. The number of carboxylic acid groups (broad SMARTS) is 1. The van der Waals surface area contributed by atoms with Gasteiger partial charge in [-0.05, 0) is 66.1 Å². The van der Waals surface area contributed by atoms with E-state index in [9.17, 15) is 14.7 Å². The molecule has 3 aromatic rings. The van der Waals surface area contributed by atoms with Crippen LogP contribution in [0, 0.1) is 0 Å². The summed E-state index contributed by atoms with van der Waals surface area (Å²) in [6, 6.07) is 25.8. The van der Waals surface area contributed by atoms with E-state index < -0.39 is 11.2 Å². The Balaban J connectivity index is 1.58. The Morgan fingerprint density at radius 2 is 1.48 bits per heavy atom. The van der Waals surface area contributed by atoms with E-state index in [4.69, 9.17) is 0 Å². The third-order valence-corrected chi connectivity index (χ3v) is 8.26. The van der Waals surface area contributed by atoms with Crippen LogP contribution in [-0.2, 0) is 17.6 Å². The molecule has 3 rings (SSSR count). The van der Waals surface area contributed by atoms with Crippen LogP contribution >= 0.6 is 11.8 Å². The number of carboxylic acids is 1. The summed E-state index contributed by atoms with van der Waals surface area (Å²) in [4.78, 5) is 28.0. The topological polar surface area (TPSA) is 69.6 Å². The number of nitrogens with zero attached hydrogens (tertiary/aromatic N) is 1. The fourth-order valence-electron chi connectivity index (χ4n) is 4.54. The lowest BCUT2D eigenvalue weighted by Gasteiger charge is -2.23. The Morgan fingerprint density at radius 3 is 2.10 bits per heavy atom. The molecule has 0 aromatic heterocycles. The Hall–Kier alpha value is -3.25. The maximum absolute atomic E-state index is 13.2. The Morgan fingerprint density at radius 1 is 0.825 bits per heavy atom. The minimum Gasteiger partial charge on any atom is -0.480 e. The molecule has 0 fully saturated rings. The number of nitrogens with one attached hydrogen (secondary N) is 1. The zero-order chi connectivity index (χ0) is 28.7. The third kappa shape index (κ3) is 10.7. The first-order valence-electron chi connectivity index (χ1n) is 14.5. The molecule has 40 heavy (non-hydrogen) atoms. The summed E-state index contributed by atoms with van der Waals surface area (Å²) < 4.78 is 0. The highest BCUT2D eigenvalue weighted by atomic mass is 32.2. The van der Waals surface area contributed by atoms with Gasteiger partial charge >= 0.3 is 12.0 Å². The molecule has 2 N–H and O–H groups in total. The quantitative estimate of drug-likeness (QED) is 0.136. The van der Waals surface area contributed by atoms with Gasteiger partial charge in [0.1, 0.15) is 5.25 Å². The van der Waals surface area contributed by atoms with E-state index in [-0.39, 0.29) is 6.03 Å². The predicted octanol–water partition coefficient (Wildman–Crippen LogP) is 8.65. The smallest absolute Gasteiger partial charge is 0.321 e. The molecule has 1 atom stereocenters. The second-order valence-corrected chi connectivity index (χ2v) is 11.9. The Labute approximate surface area is 244 Å². The Bertz CT molecular complexity index is 1160. The number of amides is 2. The van der Waals surface area contributed by atoms with Gasteiger partial charge in [-0.25, -0.2) is 4.79 Å². The lowest BCUT2D eigenvalue weighted by Crippen LogP contribution is -2.37. The van der Waals surface area contributed by atoms with E-state index in [2.05, 4.69) is 50.4 Å². The van der Waals surface area contributed by atoms with Gasteiger partial charge in [0.15, 0.2) is 0 Å². The van der Waals surface area contributed by atoms with Gasteiger partial charge in [0.25, 0.3) is 0 Å². The zero-order valence-electron chi connectivity index (χ0n) is 24.1. The van der Waals surface area contributed by atoms with Crippen molar-refractivity contribution >= 4 is 29.4 Å². The van der Waals surface area contributed by atoms with Crippen molar-refractivity contribution in [3.63, 3.8) is 0 Å². The van der Waals surface area contributed by atoms with Crippen molar-refractivity contribution in [2.75, 3.05) is 18.4 Å². The molecule has 0 radical (unpaired) electrons. The van der Waals surface area contributed by atoms with Gasteiger partial charge in [0, 0.05) is 23.7 Å². The van der Waals surface area contributed by atoms with Crippen molar-refractivity contribution in [2.24, 2.45) is 0 Å². The maximum atomic E-state index is 13.2. The molecule has 3 aromatic carbocycles. The van der Waals surface area contributed by atoms with E-state index in [0.717, 1.165) is 47.5 Å². The van der Waals surface area contributed by atoms with Crippen LogP contribution in [0.3, 0.4) is 0 Å². The summed E-state index contributed by atoms with van der Waals surface area (Å²) >= 11 is 1.38. The van der Waals surface area contributed by atoms with Crippen LogP contribution < -0.4 is 5.32 Å². The minimum atomic E-state index is -0.808. The monoisotopic (exact) mass is 560 g/mol. The molecule has 214 valence electrons. The predicted molar refractivity (Wildman–Crippen MR) is 167 cm³/mol. The SMILES string of the molecule is CCCCCCCN(CCc1ccc(C[C@@H](Sc2ccccc2)C(=O)O)cc1)C(=O)Nc1ccc(C(C)C)cc1. The second-order valence-electron chi connectivity index (χ2n) is 10.6. The average molecular weight is 561 g/mol. The number of hydrogen-bond acceptors (Lipinski definition) is 3. The molecule has 0 unspecified atom stereocenters. The highest BCUT2D eigenvalue weighted by Crippen LogP contribution is 2.26. The number of thioether (sulfide) groups is 1. The largest absolute Gasteiger partial charge is 0.480 e. The third-order valence-electron chi connectivity index (χ3n) is 7.06. The first-order chi connectivity index (χ1) is 19.4. The standard InChI is InChI=1S/C34H44N2O3S/c1-4-5-6-7-11-23-36(34(39)35-30-20-18-29(19-21-30)26(2)3)24-22-27-14-16-28(17-15-27)25-32(33(37)38)40-31-12-9-8-10-13-31/h8-10,12-21,26,32H,4-7,11,22-25H2,1-3H3,(H,35,39)(H,37,38)/t32-/m1/s1. The zero-order valence-corrected chi connectivity index (χ0v) is 25.0. The fourth-order valence-corrected chi connectivity index (χ4v) is 5.56. The summed E-state index contributed by atoms with van der Waals surface area (Å²) in [5.74, 6) is -0.356. The fraction of sp³-hybridized carbons (Fsp3) is 0.412. The molecule has 0 aliphatic carbocycles. The summed E-state index contributed by atoms with van der Waals surface area (Å²) in [5.41, 5.74) is 4.20. The van der Waals surface area contributed by atoms with Gasteiger partial charge in [-0.2, -0.15) is 0 Å². The van der Waals surface area contributed by atoms with Gasteiger partial charge in [-0.15, -0.1) is 11.8 Å². The van der Waals surface area contributed by atoms with E-state index in [1.54, 1.807) is 0 Å². The van der Waals surface area contributed by atoms with E-state index in [1.807, 2.05) is 59.5 Å². The highest BCUT2D eigenvalue weighted by molar-refractivity contribution is 8.00. The van der Waals surface area contributed by atoms with Crippen molar-refractivity contribution in [1.82, 2.24) is 4.90 Å². The van der Waals surface area contributed by atoms with Crippen LogP contribution in [0.1, 0.15) is 75.5 Å². The van der Waals surface area contributed by atoms with Crippen molar-refractivity contribution < 1.29 is 14.7 Å². The number of carbonyl (C=O) groups is 2. The van der Waals surface area contributed by atoms with E-state index in [0.29, 0.717) is 18.9 Å². The normalized spacial score (nSPS) is 11.8. The van der Waals surface area contributed by atoms with Crippen molar-refractivity contribution in [1.29, 1.82) is 0 Å². The van der Waals surface area contributed by atoms with Crippen molar-refractivity contribution in [2.45, 2.75) is 81.8 Å². The molecule has 0 bridgehead atoms. The number of carbonyl (C=O) groups excluding carboxylic acids is 1. The molecular weight excluding hydrogens is 516 g/mol. The van der Waals surface area contributed by atoms with Crippen LogP contribution in [0.2, 0.25) is 0 Å². The first-order valence-corrected chi connectivity index (χ1v) is 15.4. The van der Waals surface area contributed by atoms with Crippen LogP contribution in [0.4, 0.5) is 10.5 Å². The first kappa shape index (κ1) is 31.3. The van der Waals surface area contributed by atoms with E-state index in [1.165, 1.54) is 36.6 Å². The van der Waals surface area contributed by atoms with Gasteiger partial charge in [0.05, 0.1) is 0 Å². The minimum absolute atomic E-state index is 0.0633. The molecule has 0 saturated carbocycles. The molecule has 5 nitrogen and oxygen atoms in total. The van der Waals surface area contributed by atoms with Crippen molar-refractivity contribution in [3.05, 3.63) is 95.6 Å². The second kappa shape index (κ2) is 16.8. The highest BCUT2D eigenvalue weighted by Gasteiger charge is 2.20. The molecule has 0 spiro atoms. The summed E-state index contributed by atoms with van der Waals surface area (Å²) in [6.07, 6.45) is 6.95. The van der Waals surface area contributed by atoms with Gasteiger partial charge in [-0.3, -0.25) is 4.79 Å². The van der Waals surface area contributed by atoms with Gasteiger partial charge in [0.2, 0.25) is 0 Å². The lowest BCUT2D eigenvalue weighted by molar-refractivity contribution is -0.136. The number of hydrogen-bond donors (Lipinski definition) is 2. The van der Waals surface area contributed by atoms with Crippen LogP contribution in [0.25, 0.3) is 0 Å². The molecule has 0 aliphatic heterocycles.